The molecular weight excluding hydrogens is 663 g/mol. The zero-order chi connectivity index (χ0) is 32.9. The van der Waals surface area contributed by atoms with Crippen LogP contribution in [0.25, 0.3) is 0 Å². The van der Waals surface area contributed by atoms with Gasteiger partial charge in [0.15, 0.2) is 11.5 Å². The van der Waals surface area contributed by atoms with Crippen molar-refractivity contribution in [3.63, 3.8) is 0 Å². The van der Waals surface area contributed by atoms with Crippen molar-refractivity contribution < 1.29 is 28.5 Å². The van der Waals surface area contributed by atoms with Crippen molar-refractivity contribution in [2.75, 3.05) is 38.8 Å². The van der Waals surface area contributed by atoms with E-state index in [1.54, 1.807) is 55.8 Å². The van der Waals surface area contributed by atoms with E-state index in [2.05, 4.69) is 14.9 Å². The summed E-state index contributed by atoms with van der Waals surface area (Å²) in [5, 5.41) is 0.717. The molecule has 2 atom stereocenters. The summed E-state index contributed by atoms with van der Waals surface area (Å²) in [4.78, 5) is 40.6. The molecule has 1 aromatic carbocycles. The SMILES string of the molecule is COc1ccc([C@H](Cc2c(Cl)cncc2Cl)OC(=O)c2ccc(CN(C(=O)O[C@H]3CN4CCC3CC4)c3ccccn3)s2)cc1OC. The molecule has 3 aliphatic heterocycles. The van der Waals surface area contributed by atoms with Crippen molar-refractivity contribution in [1.29, 1.82) is 0 Å². The third kappa shape index (κ3) is 7.65. The van der Waals surface area contributed by atoms with E-state index in [4.69, 9.17) is 42.1 Å². The van der Waals surface area contributed by atoms with Crippen molar-refractivity contribution in [3.05, 3.63) is 98.0 Å². The number of hydrogen-bond donors (Lipinski definition) is 0. The van der Waals surface area contributed by atoms with Crippen molar-refractivity contribution >= 4 is 52.4 Å². The number of anilines is 1. The second-order valence-electron chi connectivity index (χ2n) is 11.4. The van der Waals surface area contributed by atoms with Crippen molar-refractivity contribution in [1.82, 2.24) is 14.9 Å². The molecule has 0 saturated carbocycles. The fourth-order valence-electron chi connectivity index (χ4n) is 6.00. The van der Waals surface area contributed by atoms with E-state index in [1.807, 2.05) is 6.07 Å². The molecule has 1 amide bonds. The van der Waals surface area contributed by atoms with Gasteiger partial charge < -0.3 is 18.9 Å². The number of hydrogen-bond acceptors (Lipinski definition) is 10. The van der Waals surface area contributed by atoms with Crippen molar-refractivity contribution in [2.45, 2.75) is 38.0 Å². The van der Waals surface area contributed by atoms with Crippen LogP contribution in [0.3, 0.4) is 0 Å². The minimum Gasteiger partial charge on any atom is -0.493 e. The van der Waals surface area contributed by atoms with Crippen LogP contribution >= 0.6 is 34.5 Å². The summed E-state index contributed by atoms with van der Waals surface area (Å²) in [5.74, 6) is 1.32. The minimum atomic E-state index is -0.771. The topological polar surface area (TPSA) is 103 Å². The first-order valence-electron chi connectivity index (χ1n) is 15.2. The first kappa shape index (κ1) is 33.0. The molecule has 6 heterocycles. The van der Waals surface area contributed by atoms with Crippen LogP contribution in [0.15, 0.2) is 67.1 Å². The van der Waals surface area contributed by atoms with Crippen LogP contribution in [0.4, 0.5) is 10.6 Å². The number of fused-ring (bicyclic) bond motifs is 3. The third-order valence-corrected chi connectivity index (χ3v) is 10.2. The molecule has 4 aromatic rings. The molecule has 7 rings (SSSR count). The Hall–Kier alpha value is -3.90. The van der Waals surface area contributed by atoms with Gasteiger partial charge in [-0.05, 0) is 79.4 Å². The summed E-state index contributed by atoms with van der Waals surface area (Å²) < 4.78 is 23.0. The summed E-state index contributed by atoms with van der Waals surface area (Å²) in [7, 11) is 3.08. The molecule has 2 bridgehead atoms. The summed E-state index contributed by atoms with van der Waals surface area (Å²) in [6.45, 7) is 3.02. The largest absolute Gasteiger partial charge is 0.493 e. The van der Waals surface area contributed by atoms with Crippen LogP contribution < -0.4 is 14.4 Å². The number of nitrogens with zero attached hydrogens (tertiary/aromatic N) is 4. The Morgan fingerprint density at radius 2 is 1.79 bits per heavy atom. The normalized spacial score (nSPS) is 19.1. The number of benzene rings is 1. The number of aromatic nitrogens is 2. The van der Waals surface area contributed by atoms with Gasteiger partial charge in [0.2, 0.25) is 0 Å². The maximum Gasteiger partial charge on any atom is 0.416 e. The van der Waals surface area contributed by atoms with Crippen LogP contribution in [-0.4, -0.2) is 66.9 Å². The second kappa shape index (κ2) is 14.9. The Bertz CT molecular complexity index is 1700. The number of amides is 1. The highest BCUT2D eigenvalue weighted by Gasteiger charge is 2.37. The number of methoxy groups -OCH3 is 2. The van der Waals surface area contributed by atoms with Gasteiger partial charge in [-0.15, -0.1) is 11.3 Å². The average molecular weight is 698 g/mol. The Morgan fingerprint density at radius 3 is 2.45 bits per heavy atom. The van der Waals surface area contributed by atoms with Crippen LogP contribution in [0.1, 0.15) is 44.6 Å². The van der Waals surface area contributed by atoms with E-state index >= 15 is 0 Å². The molecule has 3 saturated heterocycles. The first-order chi connectivity index (χ1) is 22.8. The van der Waals surface area contributed by atoms with Gasteiger partial charge in [0.25, 0.3) is 0 Å². The van der Waals surface area contributed by atoms with Gasteiger partial charge in [-0.3, -0.25) is 14.8 Å². The summed E-state index contributed by atoms with van der Waals surface area (Å²) >= 11 is 14.1. The van der Waals surface area contributed by atoms with E-state index < -0.39 is 18.2 Å². The number of esters is 1. The lowest BCUT2D eigenvalue weighted by atomic mass is 9.86. The Labute approximate surface area is 287 Å². The van der Waals surface area contributed by atoms with Crippen LogP contribution in [0, 0.1) is 5.92 Å². The first-order valence-corrected chi connectivity index (χ1v) is 16.8. The molecule has 0 radical (unpaired) electrons. The number of pyridine rings is 2. The standard InChI is InChI=1S/C34H34Cl2N4O6S/c1-43-27-8-6-22(15-29(27)44-2)28(16-24-25(35)17-37-18-26(24)36)45-33(41)31-9-7-23(47-31)19-40(32-5-3-4-12-38-32)34(42)46-30-20-39-13-10-21(30)11-14-39/h3-9,12,15,17-18,21,28,30H,10-11,13-14,16,19-20H2,1-2H3/t28-,30-/m0/s1. The quantitative estimate of drug-likeness (QED) is 0.150. The number of ether oxygens (including phenoxy) is 4. The highest BCUT2D eigenvalue weighted by Crippen LogP contribution is 2.36. The predicted molar refractivity (Wildman–Crippen MR) is 180 cm³/mol. The van der Waals surface area contributed by atoms with E-state index in [9.17, 15) is 9.59 Å². The van der Waals surface area contributed by atoms with Gasteiger partial charge in [0.1, 0.15) is 22.9 Å². The Morgan fingerprint density at radius 1 is 1.02 bits per heavy atom. The molecule has 0 N–H and O–H groups in total. The van der Waals surface area contributed by atoms with E-state index in [-0.39, 0.29) is 19.1 Å². The van der Waals surface area contributed by atoms with Gasteiger partial charge >= 0.3 is 12.1 Å². The zero-order valence-corrected chi connectivity index (χ0v) is 28.3. The lowest BCUT2D eigenvalue weighted by Crippen LogP contribution is -2.53. The highest BCUT2D eigenvalue weighted by molar-refractivity contribution is 7.13. The molecule has 246 valence electrons. The fourth-order valence-corrected chi connectivity index (χ4v) is 7.40. The molecule has 0 unspecified atom stereocenters. The van der Waals surface area contributed by atoms with Gasteiger partial charge in [0, 0.05) is 36.4 Å². The smallest absolute Gasteiger partial charge is 0.416 e. The fraction of sp³-hybridized carbons (Fsp3) is 0.353. The summed E-state index contributed by atoms with van der Waals surface area (Å²) in [6, 6.07) is 14.2. The minimum absolute atomic E-state index is 0.152. The zero-order valence-electron chi connectivity index (χ0n) is 25.9. The predicted octanol–water partition coefficient (Wildman–Crippen LogP) is 7.24. The van der Waals surface area contributed by atoms with Crippen LogP contribution in [0.2, 0.25) is 10.0 Å². The average Bonchev–Trinajstić information content (AvgIpc) is 3.58. The van der Waals surface area contributed by atoms with Gasteiger partial charge in [0.05, 0.1) is 30.8 Å². The molecule has 3 aliphatic rings. The van der Waals surface area contributed by atoms with Gasteiger partial charge in [-0.25, -0.2) is 14.6 Å². The summed E-state index contributed by atoms with van der Waals surface area (Å²) in [5.41, 5.74) is 1.25. The van der Waals surface area contributed by atoms with E-state index in [0.717, 1.165) is 37.4 Å². The van der Waals surface area contributed by atoms with Gasteiger partial charge in [-0.1, -0.05) is 35.3 Å². The number of rotatable bonds is 11. The van der Waals surface area contributed by atoms with E-state index in [0.29, 0.717) is 49.3 Å². The lowest BCUT2D eigenvalue weighted by molar-refractivity contribution is -0.0311. The Balaban J connectivity index is 1.21. The molecule has 10 nitrogen and oxygen atoms in total. The maximum absolute atomic E-state index is 13.6. The number of halogens is 2. The monoisotopic (exact) mass is 696 g/mol. The van der Waals surface area contributed by atoms with E-state index in [1.165, 1.54) is 35.7 Å². The molecular formula is C34H34Cl2N4O6S. The molecule has 0 aliphatic carbocycles. The van der Waals surface area contributed by atoms with Gasteiger partial charge in [-0.2, -0.15) is 0 Å². The number of thiophene rings is 1. The molecule has 47 heavy (non-hydrogen) atoms. The van der Waals surface area contributed by atoms with Crippen molar-refractivity contribution in [3.8, 4) is 11.5 Å². The highest BCUT2D eigenvalue weighted by atomic mass is 35.5. The second-order valence-corrected chi connectivity index (χ2v) is 13.4. The number of carbonyl (C=O) groups excluding carboxylic acids is 2. The van der Waals surface area contributed by atoms with Crippen LogP contribution in [-0.2, 0) is 22.4 Å². The third-order valence-electron chi connectivity index (χ3n) is 8.54. The Kier molecular flexibility index (Phi) is 10.5. The maximum atomic E-state index is 13.6. The summed E-state index contributed by atoms with van der Waals surface area (Å²) in [6.07, 6.45) is 5.50. The molecule has 3 aromatic heterocycles. The number of carbonyl (C=O) groups is 2. The molecule has 13 heteroatoms. The number of piperidine rings is 3. The lowest BCUT2D eigenvalue weighted by Gasteiger charge is -2.44. The molecule has 0 spiro atoms. The van der Waals surface area contributed by atoms with Crippen LogP contribution in [0.5, 0.6) is 11.5 Å². The van der Waals surface area contributed by atoms with Crippen molar-refractivity contribution in [2.24, 2.45) is 5.92 Å². The molecule has 3 fully saturated rings.